The summed E-state index contributed by atoms with van der Waals surface area (Å²) in [4.78, 5) is 12.2. The second-order valence-corrected chi connectivity index (χ2v) is 6.39. The van der Waals surface area contributed by atoms with E-state index in [0.29, 0.717) is 11.8 Å². The molecular formula is C17H27N3O. The third kappa shape index (κ3) is 4.21. The van der Waals surface area contributed by atoms with Crippen LogP contribution >= 0.6 is 0 Å². The molecule has 2 rings (SSSR count). The van der Waals surface area contributed by atoms with E-state index < -0.39 is 0 Å². The molecule has 116 valence electrons. The lowest BCUT2D eigenvalue weighted by molar-refractivity contribution is 0.201. The highest BCUT2D eigenvalue weighted by molar-refractivity contribution is 5.89. The Kier molecular flexibility index (Phi) is 5.23. The lowest BCUT2D eigenvalue weighted by Crippen LogP contribution is -2.45. The minimum atomic E-state index is -0.122. The van der Waals surface area contributed by atoms with Crippen LogP contribution in [0.3, 0.4) is 0 Å². The van der Waals surface area contributed by atoms with E-state index in [1.807, 2.05) is 31.2 Å². The van der Waals surface area contributed by atoms with Gasteiger partial charge in [0.1, 0.15) is 0 Å². The van der Waals surface area contributed by atoms with Gasteiger partial charge in [0.15, 0.2) is 0 Å². The molecule has 0 spiro atoms. The van der Waals surface area contributed by atoms with Gasteiger partial charge >= 0.3 is 6.03 Å². The summed E-state index contributed by atoms with van der Waals surface area (Å²) in [6, 6.07) is 7.82. The number of hydrogen-bond acceptors (Lipinski definition) is 2. The zero-order chi connectivity index (χ0) is 15.4. The molecule has 21 heavy (non-hydrogen) atoms. The molecule has 1 fully saturated rings. The van der Waals surface area contributed by atoms with Crippen LogP contribution in [0.1, 0.15) is 51.6 Å². The van der Waals surface area contributed by atoms with Gasteiger partial charge in [0, 0.05) is 17.8 Å². The normalized spacial score (nSPS) is 27.0. The molecule has 1 aliphatic carbocycles. The first-order valence-corrected chi connectivity index (χ1v) is 7.90. The highest BCUT2D eigenvalue weighted by atomic mass is 16.2. The Labute approximate surface area is 127 Å². The molecule has 0 aliphatic heterocycles. The van der Waals surface area contributed by atoms with Gasteiger partial charge in [-0.2, -0.15) is 0 Å². The van der Waals surface area contributed by atoms with Crippen LogP contribution in [0.2, 0.25) is 0 Å². The molecule has 4 atom stereocenters. The van der Waals surface area contributed by atoms with Crippen LogP contribution in [-0.4, -0.2) is 12.1 Å². The van der Waals surface area contributed by atoms with Crippen molar-refractivity contribution >= 4 is 11.7 Å². The smallest absolute Gasteiger partial charge is 0.319 e. The monoisotopic (exact) mass is 289 g/mol. The standard InChI is InChI=1S/C17H27N3O/c1-11-6-4-9-16(12(11)2)20-17(21)19-15-8-5-7-14(10-15)13(3)18/h5,7-8,10-13,16H,4,6,9,18H2,1-3H3,(H2,19,20,21). The first-order chi connectivity index (χ1) is 9.97. The van der Waals surface area contributed by atoms with Gasteiger partial charge in [0.25, 0.3) is 0 Å². The van der Waals surface area contributed by atoms with Crippen molar-refractivity contribution < 1.29 is 4.79 Å². The molecule has 0 aromatic heterocycles. The topological polar surface area (TPSA) is 67.1 Å². The van der Waals surface area contributed by atoms with E-state index in [1.54, 1.807) is 0 Å². The summed E-state index contributed by atoms with van der Waals surface area (Å²) in [6.07, 6.45) is 3.52. The number of hydrogen-bond donors (Lipinski definition) is 3. The van der Waals surface area contributed by atoms with Gasteiger partial charge in [-0.1, -0.05) is 38.8 Å². The number of anilines is 1. The zero-order valence-corrected chi connectivity index (χ0v) is 13.2. The number of carbonyl (C=O) groups is 1. The Morgan fingerprint density at radius 1 is 1.33 bits per heavy atom. The molecule has 1 aliphatic rings. The highest BCUT2D eigenvalue weighted by Gasteiger charge is 2.28. The molecule has 4 unspecified atom stereocenters. The first-order valence-electron chi connectivity index (χ1n) is 7.90. The van der Waals surface area contributed by atoms with Crippen LogP contribution in [0, 0.1) is 11.8 Å². The van der Waals surface area contributed by atoms with Crippen molar-refractivity contribution in [3.8, 4) is 0 Å². The number of nitrogens with one attached hydrogen (secondary N) is 2. The first kappa shape index (κ1) is 15.8. The number of amides is 2. The maximum atomic E-state index is 12.2. The minimum Gasteiger partial charge on any atom is -0.335 e. The van der Waals surface area contributed by atoms with E-state index in [4.69, 9.17) is 5.73 Å². The van der Waals surface area contributed by atoms with Crippen molar-refractivity contribution in [1.29, 1.82) is 0 Å². The summed E-state index contributed by atoms with van der Waals surface area (Å²) >= 11 is 0. The van der Waals surface area contributed by atoms with E-state index in [0.717, 1.165) is 17.7 Å². The quantitative estimate of drug-likeness (QED) is 0.795. The number of carbonyl (C=O) groups excluding carboxylic acids is 1. The Balaban J connectivity index is 1.94. The second kappa shape index (κ2) is 6.94. The van der Waals surface area contributed by atoms with Crippen molar-refractivity contribution in [1.82, 2.24) is 5.32 Å². The molecule has 0 heterocycles. The van der Waals surface area contributed by atoms with Gasteiger partial charge in [-0.15, -0.1) is 0 Å². The van der Waals surface area contributed by atoms with Gasteiger partial charge in [0.05, 0.1) is 0 Å². The van der Waals surface area contributed by atoms with Crippen LogP contribution in [-0.2, 0) is 0 Å². The van der Waals surface area contributed by atoms with Crippen LogP contribution in [0.4, 0.5) is 10.5 Å². The predicted octanol–water partition coefficient (Wildman–Crippen LogP) is 3.65. The van der Waals surface area contributed by atoms with Crippen LogP contribution in [0.5, 0.6) is 0 Å². The van der Waals surface area contributed by atoms with E-state index >= 15 is 0 Å². The summed E-state index contributed by atoms with van der Waals surface area (Å²) in [5.41, 5.74) is 7.68. The highest BCUT2D eigenvalue weighted by Crippen LogP contribution is 2.29. The van der Waals surface area contributed by atoms with Crippen molar-refractivity contribution in [3.63, 3.8) is 0 Å². The molecule has 4 heteroatoms. The SMILES string of the molecule is CC(N)c1cccc(NC(=O)NC2CCCC(C)C2C)c1. The molecule has 4 N–H and O–H groups in total. The summed E-state index contributed by atoms with van der Waals surface area (Å²) in [5.74, 6) is 1.20. The average molecular weight is 289 g/mol. The molecule has 4 nitrogen and oxygen atoms in total. The lowest BCUT2D eigenvalue weighted by atomic mass is 9.78. The van der Waals surface area contributed by atoms with Crippen molar-refractivity contribution in [3.05, 3.63) is 29.8 Å². The van der Waals surface area contributed by atoms with E-state index in [1.165, 1.54) is 12.8 Å². The number of nitrogens with two attached hydrogens (primary N) is 1. The predicted molar refractivity (Wildman–Crippen MR) is 87.2 cm³/mol. The Morgan fingerprint density at radius 2 is 2.10 bits per heavy atom. The maximum Gasteiger partial charge on any atom is 0.319 e. The summed E-state index contributed by atoms with van der Waals surface area (Å²) in [7, 11) is 0. The van der Waals surface area contributed by atoms with Gasteiger partial charge < -0.3 is 16.4 Å². The van der Waals surface area contributed by atoms with Crippen LogP contribution in [0.25, 0.3) is 0 Å². The average Bonchev–Trinajstić information content (AvgIpc) is 2.44. The van der Waals surface area contributed by atoms with E-state index in [2.05, 4.69) is 24.5 Å². The number of rotatable bonds is 3. The number of urea groups is 1. The van der Waals surface area contributed by atoms with Crippen LogP contribution < -0.4 is 16.4 Å². The molecule has 0 bridgehead atoms. The van der Waals surface area contributed by atoms with Gasteiger partial charge in [-0.25, -0.2) is 4.79 Å². The maximum absolute atomic E-state index is 12.2. The zero-order valence-electron chi connectivity index (χ0n) is 13.2. The number of benzene rings is 1. The van der Waals surface area contributed by atoms with Gasteiger partial charge in [-0.3, -0.25) is 0 Å². The van der Waals surface area contributed by atoms with Crippen LogP contribution in [0.15, 0.2) is 24.3 Å². The Hall–Kier alpha value is -1.55. The molecule has 0 radical (unpaired) electrons. The molecular weight excluding hydrogens is 262 g/mol. The molecule has 1 aromatic rings. The van der Waals surface area contributed by atoms with Gasteiger partial charge in [-0.05, 0) is 42.9 Å². The van der Waals surface area contributed by atoms with Gasteiger partial charge in [0.2, 0.25) is 0 Å². The largest absolute Gasteiger partial charge is 0.335 e. The lowest BCUT2D eigenvalue weighted by Gasteiger charge is -2.34. The molecule has 0 saturated heterocycles. The van der Waals surface area contributed by atoms with Crippen molar-refractivity contribution in [2.75, 3.05) is 5.32 Å². The Bertz CT molecular complexity index is 487. The molecule has 1 saturated carbocycles. The third-order valence-corrected chi connectivity index (χ3v) is 4.69. The Morgan fingerprint density at radius 3 is 2.81 bits per heavy atom. The van der Waals surface area contributed by atoms with E-state index in [9.17, 15) is 4.79 Å². The fourth-order valence-electron chi connectivity index (χ4n) is 3.02. The van der Waals surface area contributed by atoms with Crippen molar-refractivity contribution in [2.24, 2.45) is 17.6 Å². The second-order valence-electron chi connectivity index (χ2n) is 6.39. The van der Waals surface area contributed by atoms with Crippen molar-refractivity contribution in [2.45, 2.75) is 52.1 Å². The molecule has 2 amide bonds. The fraction of sp³-hybridized carbons (Fsp3) is 0.588. The summed E-state index contributed by atoms with van der Waals surface area (Å²) in [5, 5.41) is 6.03. The summed E-state index contributed by atoms with van der Waals surface area (Å²) < 4.78 is 0. The third-order valence-electron chi connectivity index (χ3n) is 4.69. The fourth-order valence-corrected chi connectivity index (χ4v) is 3.02. The molecule has 1 aromatic carbocycles. The van der Waals surface area contributed by atoms with E-state index in [-0.39, 0.29) is 18.1 Å². The summed E-state index contributed by atoms with van der Waals surface area (Å²) in [6.45, 7) is 6.43. The minimum absolute atomic E-state index is 0.0333.